The lowest BCUT2D eigenvalue weighted by Gasteiger charge is -2.20. The fourth-order valence-corrected chi connectivity index (χ4v) is 2.80. The van der Waals surface area contributed by atoms with Crippen LogP contribution in [0.25, 0.3) is 0 Å². The van der Waals surface area contributed by atoms with Crippen LogP contribution < -0.4 is 10.6 Å². The zero-order chi connectivity index (χ0) is 18.9. The fourth-order valence-electron chi connectivity index (χ4n) is 2.41. The van der Waals surface area contributed by atoms with Gasteiger partial charge in [0.2, 0.25) is 5.91 Å². The van der Waals surface area contributed by atoms with Crippen molar-refractivity contribution >= 4 is 33.6 Å². The molecule has 0 saturated heterocycles. The highest BCUT2D eigenvalue weighted by Gasteiger charge is 2.22. The molecule has 0 aromatic heterocycles. The van der Waals surface area contributed by atoms with Crippen molar-refractivity contribution in [2.24, 2.45) is 5.92 Å². The van der Waals surface area contributed by atoms with E-state index < -0.39 is 12.1 Å². The van der Waals surface area contributed by atoms with Gasteiger partial charge in [0.15, 0.2) is 0 Å². The van der Waals surface area contributed by atoms with Crippen LogP contribution in [0, 0.1) is 5.92 Å². The molecule has 0 fully saturated rings. The van der Waals surface area contributed by atoms with E-state index in [-0.39, 0.29) is 18.4 Å². The molecule has 0 unspecified atom stereocenters. The zero-order valence-corrected chi connectivity index (χ0v) is 16.5. The molecule has 138 valence electrons. The molecule has 0 aliphatic heterocycles. The largest absolute Gasteiger partial charge is 0.445 e. The van der Waals surface area contributed by atoms with Gasteiger partial charge in [-0.3, -0.25) is 4.79 Å². The summed E-state index contributed by atoms with van der Waals surface area (Å²) in [4.78, 5) is 24.7. The van der Waals surface area contributed by atoms with Crippen molar-refractivity contribution in [1.82, 2.24) is 5.32 Å². The first kappa shape index (κ1) is 20.0. The maximum absolute atomic E-state index is 12.6. The van der Waals surface area contributed by atoms with Gasteiger partial charge >= 0.3 is 6.09 Å². The molecule has 2 rings (SSSR count). The minimum absolute atomic E-state index is 0.161. The number of rotatable bonds is 7. The molecule has 0 aliphatic rings. The Kier molecular flexibility index (Phi) is 7.66. The van der Waals surface area contributed by atoms with Crippen LogP contribution in [-0.2, 0) is 16.1 Å². The van der Waals surface area contributed by atoms with Crippen molar-refractivity contribution in [3.05, 3.63) is 64.6 Å². The van der Waals surface area contributed by atoms with Gasteiger partial charge in [0.25, 0.3) is 0 Å². The summed E-state index contributed by atoms with van der Waals surface area (Å²) in [5.41, 5.74) is 1.55. The molecular weight excluding hydrogens is 396 g/mol. The van der Waals surface area contributed by atoms with Crippen LogP contribution in [0.4, 0.5) is 10.5 Å². The third-order valence-corrected chi connectivity index (χ3v) is 4.11. The summed E-state index contributed by atoms with van der Waals surface area (Å²) in [6.45, 7) is 4.15. The lowest BCUT2D eigenvalue weighted by molar-refractivity contribution is -0.118. The molecule has 0 radical (unpaired) electrons. The molecule has 6 heteroatoms. The number of benzene rings is 2. The molecule has 1 atom stereocenters. The highest BCUT2D eigenvalue weighted by Crippen LogP contribution is 2.16. The lowest BCUT2D eigenvalue weighted by Crippen LogP contribution is -2.44. The lowest BCUT2D eigenvalue weighted by atomic mass is 10.0. The van der Waals surface area contributed by atoms with Gasteiger partial charge in [0.05, 0.1) is 0 Å². The van der Waals surface area contributed by atoms with Gasteiger partial charge in [-0.15, -0.1) is 0 Å². The zero-order valence-electron chi connectivity index (χ0n) is 14.9. The van der Waals surface area contributed by atoms with Crippen LogP contribution in [0.5, 0.6) is 0 Å². The van der Waals surface area contributed by atoms with Gasteiger partial charge in [-0.25, -0.2) is 4.79 Å². The molecule has 5 nitrogen and oxygen atoms in total. The van der Waals surface area contributed by atoms with Crippen molar-refractivity contribution < 1.29 is 14.3 Å². The van der Waals surface area contributed by atoms with E-state index in [4.69, 9.17) is 4.74 Å². The Bertz CT molecular complexity index is 735. The average Bonchev–Trinajstić information content (AvgIpc) is 2.60. The summed E-state index contributed by atoms with van der Waals surface area (Å²) in [5.74, 6) is -0.0313. The fraction of sp³-hybridized carbons (Fsp3) is 0.300. The summed E-state index contributed by atoms with van der Waals surface area (Å²) in [6.07, 6.45) is -0.0933. The van der Waals surface area contributed by atoms with Crippen molar-refractivity contribution in [3.63, 3.8) is 0 Å². The number of halogens is 1. The first-order chi connectivity index (χ1) is 12.4. The minimum atomic E-state index is -0.669. The highest BCUT2D eigenvalue weighted by atomic mass is 79.9. The molecule has 2 aromatic rings. The molecule has 0 heterocycles. The number of alkyl carbamates (subject to hydrolysis) is 1. The Morgan fingerprint density at radius 1 is 1.08 bits per heavy atom. The molecule has 0 spiro atoms. The number of carbonyl (C=O) groups excluding carboxylic acids is 2. The van der Waals surface area contributed by atoms with E-state index in [2.05, 4.69) is 26.6 Å². The van der Waals surface area contributed by atoms with Crippen LogP contribution in [0.2, 0.25) is 0 Å². The van der Waals surface area contributed by atoms with Crippen molar-refractivity contribution in [2.45, 2.75) is 32.9 Å². The summed E-state index contributed by atoms with van der Waals surface area (Å²) in [6, 6.07) is 16.0. The maximum atomic E-state index is 12.6. The third kappa shape index (κ3) is 6.88. The minimum Gasteiger partial charge on any atom is -0.445 e. The van der Waals surface area contributed by atoms with Gasteiger partial charge < -0.3 is 15.4 Å². The van der Waals surface area contributed by atoms with Crippen LogP contribution in [-0.4, -0.2) is 18.0 Å². The molecule has 0 bridgehead atoms. The molecule has 0 saturated carbocycles. The Balaban J connectivity index is 1.94. The SMILES string of the molecule is CC(C)C[C@@H](NC(=O)OCc1ccccc1)C(=O)Nc1cccc(Br)c1. The van der Waals surface area contributed by atoms with Gasteiger partial charge in [-0.2, -0.15) is 0 Å². The van der Waals surface area contributed by atoms with E-state index in [9.17, 15) is 9.59 Å². The maximum Gasteiger partial charge on any atom is 0.408 e. The monoisotopic (exact) mass is 418 g/mol. The topological polar surface area (TPSA) is 67.4 Å². The second kappa shape index (κ2) is 9.97. The Hall–Kier alpha value is -2.34. The Morgan fingerprint density at radius 2 is 1.81 bits per heavy atom. The first-order valence-electron chi connectivity index (χ1n) is 8.47. The van der Waals surface area contributed by atoms with Crippen LogP contribution in [0.3, 0.4) is 0 Å². The number of nitrogens with one attached hydrogen (secondary N) is 2. The number of ether oxygens (including phenoxy) is 1. The van der Waals surface area contributed by atoms with Gasteiger partial charge in [-0.1, -0.05) is 66.2 Å². The van der Waals surface area contributed by atoms with Gasteiger partial charge in [-0.05, 0) is 36.1 Å². The van der Waals surface area contributed by atoms with E-state index in [1.165, 1.54) is 0 Å². The average molecular weight is 419 g/mol. The summed E-state index contributed by atoms with van der Waals surface area (Å²) < 4.78 is 6.09. The quantitative estimate of drug-likeness (QED) is 0.682. The predicted octanol–water partition coefficient (Wildman–Crippen LogP) is 4.73. The Morgan fingerprint density at radius 3 is 2.46 bits per heavy atom. The van der Waals surface area contributed by atoms with E-state index in [1.54, 1.807) is 12.1 Å². The van der Waals surface area contributed by atoms with Crippen LogP contribution >= 0.6 is 15.9 Å². The van der Waals surface area contributed by atoms with E-state index in [1.807, 2.05) is 56.3 Å². The number of anilines is 1. The second-order valence-electron chi connectivity index (χ2n) is 6.39. The van der Waals surface area contributed by atoms with Crippen molar-refractivity contribution in [2.75, 3.05) is 5.32 Å². The van der Waals surface area contributed by atoms with Crippen LogP contribution in [0.1, 0.15) is 25.8 Å². The van der Waals surface area contributed by atoms with Crippen LogP contribution in [0.15, 0.2) is 59.1 Å². The first-order valence-corrected chi connectivity index (χ1v) is 9.27. The molecule has 2 N–H and O–H groups in total. The molecule has 0 aliphatic carbocycles. The van der Waals surface area contributed by atoms with E-state index in [0.29, 0.717) is 12.1 Å². The van der Waals surface area contributed by atoms with Crippen molar-refractivity contribution in [1.29, 1.82) is 0 Å². The Labute approximate surface area is 162 Å². The number of amides is 2. The van der Waals surface area contributed by atoms with Crippen molar-refractivity contribution in [3.8, 4) is 0 Å². The standard InChI is InChI=1S/C20H23BrN2O3/c1-14(2)11-18(19(24)22-17-10-6-9-16(21)12-17)23-20(25)26-13-15-7-4-3-5-8-15/h3-10,12,14,18H,11,13H2,1-2H3,(H,22,24)(H,23,25)/t18-/m1/s1. The second-order valence-corrected chi connectivity index (χ2v) is 7.30. The van der Waals surface area contributed by atoms with E-state index >= 15 is 0 Å². The summed E-state index contributed by atoms with van der Waals surface area (Å²) in [7, 11) is 0. The smallest absolute Gasteiger partial charge is 0.408 e. The molecular formula is C20H23BrN2O3. The molecule has 2 amide bonds. The number of hydrogen-bond acceptors (Lipinski definition) is 3. The third-order valence-electron chi connectivity index (χ3n) is 3.62. The van der Waals surface area contributed by atoms with E-state index in [0.717, 1.165) is 10.0 Å². The van der Waals surface area contributed by atoms with Gasteiger partial charge in [0, 0.05) is 10.2 Å². The molecule has 26 heavy (non-hydrogen) atoms. The van der Waals surface area contributed by atoms with Gasteiger partial charge in [0.1, 0.15) is 12.6 Å². The highest BCUT2D eigenvalue weighted by molar-refractivity contribution is 9.10. The normalized spacial score (nSPS) is 11.7. The predicted molar refractivity (Wildman–Crippen MR) is 106 cm³/mol. The number of carbonyl (C=O) groups is 2. The number of hydrogen-bond donors (Lipinski definition) is 2. The molecule has 2 aromatic carbocycles. The summed E-state index contributed by atoms with van der Waals surface area (Å²) in [5, 5.41) is 5.50. The summed E-state index contributed by atoms with van der Waals surface area (Å²) >= 11 is 3.37.